The van der Waals surface area contributed by atoms with Crippen LogP contribution >= 0.6 is 0 Å². The van der Waals surface area contributed by atoms with E-state index < -0.39 is 17.7 Å². The summed E-state index contributed by atoms with van der Waals surface area (Å²) in [5, 5.41) is 7.06. The van der Waals surface area contributed by atoms with Crippen LogP contribution in [0.2, 0.25) is 0 Å². The average molecular weight is 435 g/mol. The van der Waals surface area contributed by atoms with E-state index in [4.69, 9.17) is 9.47 Å². The molecule has 2 heterocycles. The molecule has 1 aromatic carbocycles. The van der Waals surface area contributed by atoms with Crippen molar-refractivity contribution in [3.63, 3.8) is 0 Å². The fourth-order valence-electron chi connectivity index (χ4n) is 3.73. The smallest absolute Gasteiger partial charge is 0.421 e. The van der Waals surface area contributed by atoms with Crippen LogP contribution < -0.4 is 4.74 Å². The van der Waals surface area contributed by atoms with Crippen LogP contribution in [0, 0.1) is 20.8 Å². The Labute approximate surface area is 178 Å². The van der Waals surface area contributed by atoms with Crippen LogP contribution in [-0.4, -0.2) is 30.3 Å². The molecule has 0 fully saturated rings. The van der Waals surface area contributed by atoms with Crippen molar-refractivity contribution in [2.45, 2.75) is 52.4 Å². The molecular formula is C22H24F3N3O3. The number of aryl methyl sites for hydroxylation is 3. The molecule has 0 N–H and O–H groups in total. The lowest BCUT2D eigenvalue weighted by atomic mass is 9.91. The van der Waals surface area contributed by atoms with Gasteiger partial charge in [-0.15, -0.1) is 0 Å². The minimum Gasteiger partial charge on any atom is -0.487 e. The number of halogens is 3. The minimum absolute atomic E-state index is 0.0472. The third-order valence-corrected chi connectivity index (χ3v) is 5.14. The molecule has 9 heteroatoms. The largest absolute Gasteiger partial charge is 0.487 e. The van der Waals surface area contributed by atoms with Crippen molar-refractivity contribution in [1.82, 2.24) is 4.98 Å². The van der Waals surface area contributed by atoms with E-state index in [2.05, 4.69) is 15.2 Å². The number of nitrogens with zero attached hydrogens (tertiary/aromatic N) is 3. The maximum atomic E-state index is 13.9. The Morgan fingerprint density at radius 3 is 2.39 bits per heavy atom. The highest BCUT2D eigenvalue weighted by molar-refractivity contribution is 5.90. The lowest BCUT2D eigenvalue weighted by Crippen LogP contribution is -2.40. The summed E-state index contributed by atoms with van der Waals surface area (Å²) in [5.74, 6) is -0.0784. The van der Waals surface area contributed by atoms with Crippen molar-refractivity contribution in [1.29, 1.82) is 0 Å². The highest BCUT2D eigenvalue weighted by Gasteiger charge is 2.59. The van der Waals surface area contributed by atoms with Crippen LogP contribution in [0.5, 0.6) is 5.75 Å². The van der Waals surface area contributed by atoms with Crippen LogP contribution in [0.1, 0.15) is 51.8 Å². The average Bonchev–Trinajstić information content (AvgIpc) is 3.18. The first-order valence-electron chi connectivity index (χ1n) is 9.92. The van der Waals surface area contributed by atoms with E-state index in [1.54, 1.807) is 6.92 Å². The number of carbonyl (C=O) groups is 1. The first kappa shape index (κ1) is 22.7. The van der Waals surface area contributed by atoms with Gasteiger partial charge in [0.15, 0.2) is 0 Å². The van der Waals surface area contributed by atoms with Gasteiger partial charge < -0.3 is 9.47 Å². The topological polar surface area (TPSA) is 73.1 Å². The van der Waals surface area contributed by atoms with E-state index in [1.165, 1.54) is 6.07 Å². The number of pyridine rings is 1. The second kappa shape index (κ2) is 8.64. The predicted octanol–water partition coefficient (Wildman–Crippen LogP) is 5.38. The summed E-state index contributed by atoms with van der Waals surface area (Å²) < 4.78 is 52.6. The lowest BCUT2D eigenvalue weighted by molar-refractivity contribution is -0.189. The van der Waals surface area contributed by atoms with Gasteiger partial charge in [0, 0.05) is 6.42 Å². The number of benzene rings is 1. The molecular weight excluding hydrogens is 411 g/mol. The second-order valence-electron chi connectivity index (χ2n) is 7.50. The maximum Gasteiger partial charge on any atom is 0.421 e. The summed E-state index contributed by atoms with van der Waals surface area (Å²) >= 11 is 0. The van der Waals surface area contributed by atoms with Gasteiger partial charge in [0.05, 0.1) is 30.1 Å². The summed E-state index contributed by atoms with van der Waals surface area (Å²) in [4.78, 5) is 16.6. The standard InChI is InChI=1S/C22H24F3N3O3/c1-5-30-20(29)16-6-7-18(21(22(23,24)25)8-9-26-28-21)27-17(16)12-31-19-14(3)10-13(2)11-15(19)4/h6-7,10-11H,5,8-9,12H2,1-4H3. The number of alkyl halides is 3. The quantitative estimate of drug-likeness (QED) is 0.572. The molecule has 6 nitrogen and oxygen atoms in total. The molecule has 0 spiro atoms. The number of hydrogen-bond donors (Lipinski definition) is 0. The zero-order valence-electron chi connectivity index (χ0n) is 17.8. The number of carbonyl (C=O) groups excluding carboxylic acids is 1. The first-order valence-corrected chi connectivity index (χ1v) is 9.92. The molecule has 0 radical (unpaired) electrons. The van der Waals surface area contributed by atoms with Gasteiger partial charge in [-0.25, -0.2) is 4.79 Å². The van der Waals surface area contributed by atoms with E-state index in [-0.39, 0.29) is 43.1 Å². The Kier molecular flexibility index (Phi) is 6.33. The first-order chi connectivity index (χ1) is 14.6. The van der Waals surface area contributed by atoms with Crippen LogP contribution in [0.15, 0.2) is 34.5 Å². The lowest BCUT2D eigenvalue weighted by Gasteiger charge is -2.27. The highest BCUT2D eigenvalue weighted by Crippen LogP contribution is 2.47. The summed E-state index contributed by atoms with van der Waals surface area (Å²) in [5.41, 5.74) is 0.0929. The number of azo groups is 1. The van der Waals surface area contributed by atoms with Gasteiger partial charge in [0.2, 0.25) is 5.54 Å². The number of esters is 1. The molecule has 1 aliphatic heterocycles. The van der Waals surface area contributed by atoms with Crippen molar-refractivity contribution in [3.05, 3.63) is 57.9 Å². The Bertz CT molecular complexity index is 998. The van der Waals surface area contributed by atoms with Crippen molar-refractivity contribution < 1.29 is 27.4 Å². The van der Waals surface area contributed by atoms with E-state index in [1.807, 2.05) is 32.9 Å². The molecule has 2 aromatic rings. The van der Waals surface area contributed by atoms with E-state index in [0.29, 0.717) is 5.75 Å². The number of ether oxygens (including phenoxy) is 2. The Hall–Kier alpha value is -2.97. The molecule has 1 aromatic heterocycles. The van der Waals surface area contributed by atoms with E-state index in [9.17, 15) is 18.0 Å². The minimum atomic E-state index is -4.67. The molecule has 166 valence electrons. The van der Waals surface area contributed by atoms with Crippen LogP contribution in [0.3, 0.4) is 0 Å². The van der Waals surface area contributed by atoms with Crippen LogP contribution in [0.25, 0.3) is 0 Å². The molecule has 0 amide bonds. The van der Waals surface area contributed by atoms with E-state index >= 15 is 0 Å². The Morgan fingerprint density at radius 2 is 1.84 bits per heavy atom. The SMILES string of the molecule is CCOC(=O)c1ccc(C2(C(F)(F)F)CCN=N2)nc1COc1c(C)cc(C)cc1C. The molecule has 0 saturated heterocycles. The Morgan fingerprint density at radius 1 is 1.16 bits per heavy atom. The monoisotopic (exact) mass is 435 g/mol. The van der Waals surface area contributed by atoms with Gasteiger partial charge in [-0.1, -0.05) is 17.7 Å². The highest BCUT2D eigenvalue weighted by atomic mass is 19.4. The third kappa shape index (κ3) is 4.40. The number of aromatic nitrogens is 1. The molecule has 1 atom stereocenters. The zero-order chi connectivity index (χ0) is 22.8. The number of hydrogen-bond acceptors (Lipinski definition) is 6. The summed E-state index contributed by atoms with van der Waals surface area (Å²) in [6.07, 6.45) is -5.01. The van der Waals surface area contributed by atoms with Gasteiger partial charge in [-0.3, -0.25) is 4.98 Å². The van der Waals surface area contributed by atoms with Gasteiger partial charge >= 0.3 is 12.1 Å². The molecule has 1 unspecified atom stereocenters. The Balaban J connectivity index is 2.03. The normalized spacial score (nSPS) is 18.3. The maximum absolute atomic E-state index is 13.9. The molecule has 0 saturated carbocycles. The molecule has 1 aliphatic rings. The van der Waals surface area contributed by atoms with Crippen LogP contribution in [0.4, 0.5) is 13.2 Å². The molecule has 0 bridgehead atoms. The molecule has 0 aliphatic carbocycles. The van der Waals surface area contributed by atoms with Crippen molar-refractivity contribution in [2.75, 3.05) is 13.2 Å². The summed E-state index contributed by atoms with van der Waals surface area (Å²) in [6, 6.07) is 6.33. The fraction of sp³-hybridized carbons (Fsp3) is 0.455. The summed E-state index contributed by atoms with van der Waals surface area (Å²) in [6.45, 7) is 7.24. The third-order valence-electron chi connectivity index (χ3n) is 5.14. The van der Waals surface area contributed by atoms with Gasteiger partial charge in [-0.2, -0.15) is 23.4 Å². The van der Waals surface area contributed by atoms with Gasteiger partial charge in [-0.05, 0) is 51.0 Å². The van der Waals surface area contributed by atoms with E-state index in [0.717, 1.165) is 22.8 Å². The predicted molar refractivity (Wildman–Crippen MR) is 107 cm³/mol. The van der Waals surface area contributed by atoms with Crippen LogP contribution in [-0.2, 0) is 16.9 Å². The number of rotatable bonds is 6. The second-order valence-corrected chi connectivity index (χ2v) is 7.50. The molecule has 3 rings (SSSR count). The fourth-order valence-corrected chi connectivity index (χ4v) is 3.73. The van der Waals surface area contributed by atoms with Crippen molar-refractivity contribution >= 4 is 5.97 Å². The van der Waals surface area contributed by atoms with Gasteiger partial charge in [0.1, 0.15) is 12.4 Å². The summed E-state index contributed by atoms with van der Waals surface area (Å²) in [7, 11) is 0. The van der Waals surface area contributed by atoms with Crippen molar-refractivity contribution in [2.24, 2.45) is 10.2 Å². The van der Waals surface area contributed by atoms with Gasteiger partial charge in [0.25, 0.3) is 0 Å². The van der Waals surface area contributed by atoms with Crippen molar-refractivity contribution in [3.8, 4) is 5.75 Å². The zero-order valence-corrected chi connectivity index (χ0v) is 17.8. The molecule has 31 heavy (non-hydrogen) atoms.